The first-order chi connectivity index (χ1) is 11.2. The molecule has 0 aliphatic carbocycles. The molecule has 1 N–H and O–H groups in total. The monoisotopic (exact) mass is 328 g/mol. The van der Waals surface area contributed by atoms with Gasteiger partial charge in [-0.3, -0.25) is 0 Å². The van der Waals surface area contributed by atoms with Gasteiger partial charge in [-0.2, -0.15) is 0 Å². The molecular formula is C19H22NO4-. The van der Waals surface area contributed by atoms with Crippen LogP contribution < -0.4 is 10.4 Å². The van der Waals surface area contributed by atoms with Crippen LogP contribution in [0.5, 0.6) is 0 Å². The number of carbonyl (C=O) groups is 2. The molecule has 1 atom stereocenters. The number of carboxylic acid groups (broad SMARTS) is 1. The molecule has 0 radical (unpaired) electrons. The smallest absolute Gasteiger partial charge is 0.407 e. The number of ether oxygens (including phenoxy) is 1. The number of alkyl carbamates (subject to hydrolysis) is 1. The van der Waals surface area contributed by atoms with Gasteiger partial charge < -0.3 is 20.0 Å². The van der Waals surface area contributed by atoms with Gasteiger partial charge in [0.15, 0.2) is 0 Å². The fourth-order valence-electron chi connectivity index (χ4n) is 2.50. The van der Waals surface area contributed by atoms with Crippen LogP contribution in [0.3, 0.4) is 0 Å². The predicted molar refractivity (Wildman–Crippen MR) is 90.4 cm³/mol. The van der Waals surface area contributed by atoms with Crippen molar-refractivity contribution in [2.45, 2.75) is 45.3 Å². The molecule has 128 valence electrons. The third kappa shape index (κ3) is 5.57. The SMILES string of the molecule is CC(C)(C)OC(=O)N[C@@H](CC(=O)[O-])Cc1ccc2ccccc2c1. The number of carbonyl (C=O) groups excluding carboxylic acids is 2. The summed E-state index contributed by atoms with van der Waals surface area (Å²) in [5, 5.41) is 15.8. The topological polar surface area (TPSA) is 78.5 Å². The largest absolute Gasteiger partial charge is 0.550 e. The van der Waals surface area contributed by atoms with E-state index in [-0.39, 0.29) is 6.42 Å². The lowest BCUT2D eigenvalue weighted by atomic mass is 10.00. The number of nitrogens with one attached hydrogen (secondary N) is 1. The summed E-state index contributed by atoms with van der Waals surface area (Å²) in [6.45, 7) is 5.26. The van der Waals surface area contributed by atoms with Crippen LogP contribution in [0.15, 0.2) is 42.5 Å². The van der Waals surface area contributed by atoms with E-state index >= 15 is 0 Å². The minimum absolute atomic E-state index is 0.272. The highest BCUT2D eigenvalue weighted by molar-refractivity contribution is 5.83. The first kappa shape index (κ1) is 17.8. The fraction of sp³-hybridized carbons (Fsp3) is 0.368. The average molecular weight is 328 g/mol. The van der Waals surface area contributed by atoms with Crippen molar-refractivity contribution in [2.24, 2.45) is 0 Å². The van der Waals surface area contributed by atoms with E-state index in [0.29, 0.717) is 6.42 Å². The van der Waals surface area contributed by atoms with Crippen molar-refractivity contribution in [2.75, 3.05) is 0 Å². The molecule has 0 heterocycles. The van der Waals surface area contributed by atoms with Gasteiger partial charge in [-0.25, -0.2) is 4.79 Å². The lowest BCUT2D eigenvalue weighted by molar-refractivity contribution is -0.306. The number of hydrogen-bond donors (Lipinski definition) is 1. The minimum atomic E-state index is -1.21. The zero-order chi connectivity index (χ0) is 17.7. The minimum Gasteiger partial charge on any atom is -0.550 e. The number of rotatable bonds is 5. The molecule has 0 saturated carbocycles. The molecule has 0 unspecified atom stereocenters. The zero-order valence-electron chi connectivity index (χ0n) is 14.2. The number of carboxylic acids is 1. The molecule has 0 aromatic heterocycles. The normalized spacial score (nSPS) is 12.6. The van der Waals surface area contributed by atoms with Crippen LogP contribution in [0.25, 0.3) is 10.8 Å². The van der Waals surface area contributed by atoms with Gasteiger partial charge >= 0.3 is 6.09 Å². The van der Waals surface area contributed by atoms with E-state index in [0.717, 1.165) is 16.3 Å². The molecule has 2 aromatic rings. The van der Waals surface area contributed by atoms with Crippen molar-refractivity contribution < 1.29 is 19.4 Å². The highest BCUT2D eigenvalue weighted by atomic mass is 16.6. The summed E-state index contributed by atoms with van der Waals surface area (Å²) in [4.78, 5) is 22.9. The Morgan fingerprint density at radius 1 is 1.12 bits per heavy atom. The first-order valence-corrected chi connectivity index (χ1v) is 7.90. The Labute approximate surface area is 141 Å². The van der Waals surface area contributed by atoms with Crippen LogP contribution in [0, 0.1) is 0 Å². The Hall–Kier alpha value is -2.56. The average Bonchev–Trinajstić information content (AvgIpc) is 2.44. The summed E-state index contributed by atoms with van der Waals surface area (Å²) < 4.78 is 5.19. The van der Waals surface area contributed by atoms with Crippen molar-refractivity contribution in [3.8, 4) is 0 Å². The number of aliphatic carboxylic acids is 1. The van der Waals surface area contributed by atoms with E-state index < -0.39 is 23.7 Å². The van der Waals surface area contributed by atoms with Gasteiger partial charge in [-0.15, -0.1) is 0 Å². The summed E-state index contributed by atoms with van der Waals surface area (Å²) >= 11 is 0. The maximum atomic E-state index is 11.9. The van der Waals surface area contributed by atoms with Gasteiger partial charge in [0.25, 0.3) is 0 Å². The molecule has 5 nitrogen and oxygen atoms in total. The van der Waals surface area contributed by atoms with Gasteiger partial charge in [0, 0.05) is 18.4 Å². The molecule has 1 amide bonds. The number of hydrogen-bond acceptors (Lipinski definition) is 4. The summed E-state index contributed by atoms with van der Waals surface area (Å²) in [6, 6.07) is 13.2. The summed E-state index contributed by atoms with van der Waals surface area (Å²) in [5.74, 6) is -1.21. The van der Waals surface area contributed by atoms with Crippen LogP contribution in [-0.2, 0) is 16.0 Å². The molecule has 0 aliphatic rings. The van der Waals surface area contributed by atoms with Gasteiger partial charge in [0.1, 0.15) is 5.60 Å². The van der Waals surface area contributed by atoms with E-state index in [4.69, 9.17) is 4.74 Å². The van der Waals surface area contributed by atoms with Crippen LogP contribution in [0.2, 0.25) is 0 Å². The van der Waals surface area contributed by atoms with E-state index in [1.54, 1.807) is 20.8 Å². The number of amides is 1. The quantitative estimate of drug-likeness (QED) is 0.914. The Kier molecular flexibility index (Phi) is 5.44. The van der Waals surface area contributed by atoms with Crippen molar-refractivity contribution >= 4 is 22.8 Å². The lowest BCUT2D eigenvalue weighted by Gasteiger charge is -2.24. The molecule has 0 bridgehead atoms. The molecule has 5 heteroatoms. The van der Waals surface area contributed by atoms with E-state index in [1.807, 2.05) is 42.5 Å². The van der Waals surface area contributed by atoms with E-state index in [1.165, 1.54) is 0 Å². The molecule has 0 aliphatic heterocycles. The Morgan fingerprint density at radius 2 is 1.79 bits per heavy atom. The second-order valence-corrected chi connectivity index (χ2v) is 6.80. The Morgan fingerprint density at radius 3 is 2.42 bits per heavy atom. The number of benzene rings is 2. The van der Waals surface area contributed by atoms with Crippen LogP contribution in [0.1, 0.15) is 32.8 Å². The Balaban J connectivity index is 2.11. The van der Waals surface area contributed by atoms with Gasteiger partial charge in [-0.05, 0) is 43.5 Å². The molecule has 0 spiro atoms. The van der Waals surface area contributed by atoms with Crippen molar-refractivity contribution in [3.05, 3.63) is 48.0 Å². The van der Waals surface area contributed by atoms with Crippen molar-refractivity contribution in [1.82, 2.24) is 5.32 Å². The van der Waals surface area contributed by atoms with Crippen molar-refractivity contribution in [3.63, 3.8) is 0 Å². The molecule has 2 aromatic carbocycles. The summed E-state index contributed by atoms with van der Waals surface area (Å²) in [6.07, 6.45) is -0.515. The van der Waals surface area contributed by atoms with Crippen LogP contribution in [-0.4, -0.2) is 23.7 Å². The number of fused-ring (bicyclic) bond motifs is 1. The highest BCUT2D eigenvalue weighted by Crippen LogP contribution is 2.17. The predicted octanol–water partition coefficient (Wildman–Crippen LogP) is 2.42. The third-order valence-electron chi connectivity index (χ3n) is 3.43. The third-order valence-corrected chi connectivity index (χ3v) is 3.43. The Bertz CT molecular complexity index is 733. The second kappa shape index (κ2) is 7.34. The molecule has 2 rings (SSSR count). The van der Waals surface area contributed by atoms with Gasteiger partial charge in [0.05, 0.1) is 0 Å². The van der Waals surface area contributed by atoms with Crippen LogP contribution >= 0.6 is 0 Å². The first-order valence-electron chi connectivity index (χ1n) is 7.90. The lowest BCUT2D eigenvalue weighted by Crippen LogP contribution is -2.43. The molecule has 24 heavy (non-hydrogen) atoms. The highest BCUT2D eigenvalue weighted by Gasteiger charge is 2.20. The molecular weight excluding hydrogens is 306 g/mol. The molecule has 0 fully saturated rings. The van der Waals surface area contributed by atoms with E-state index in [2.05, 4.69) is 5.32 Å². The standard InChI is InChI=1S/C19H23NO4/c1-19(2,3)24-18(23)20-16(12-17(21)22)11-13-8-9-14-6-4-5-7-15(14)10-13/h4-10,16H,11-12H2,1-3H3,(H,20,23)(H,21,22)/p-1/t16-/m1/s1. The van der Waals surface area contributed by atoms with Crippen molar-refractivity contribution in [1.29, 1.82) is 0 Å². The van der Waals surface area contributed by atoms with Crippen LogP contribution in [0.4, 0.5) is 4.79 Å². The summed E-state index contributed by atoms with van der Waals surface area (Å²) in [7, 11) is 0. The van der Waals surface area contributed by atoms with E-state index in [9.17, 15) is 14.7 Å². The fourth-order valence-corrected chi connectivity index (χ4v) is 2.50. The second-order valence-electron chi connectivity index (χ2n) is 6.80. The molecule has 0 saturated heterocycles. The summed E-state index contributed by atoms with van der Waals surface area (Å²) in [5.41, 5.74) is 0.301. The maximum absolute atomic E-state index is 11.9. The maximum Gasteiger partial charge on any atom is 0.407 e. The van der Waals surface area contributed by atoms with Gasteiger partial charge in [-0.1, -0.05) is 42.5 Å². The zero-order valence-corrected chi connectivity index (χ0v) is 14.2. The van der Waals surface area contributed by atoms with Gasteiger partial charge in [0.2, 0.25) is 0 Å².